The number of ether oxygens (including phenoxy) is 1. The number of hydrogen-bond acceptors (Lipinski definition) is 3. The number of aryl methyl sites for hydroxylation is 1. The summed E-state index contributed by atoms with van der Waals surface area (Å²) >= 11 is 0. The molecule has 4 nitrogen and oxygen atoms in total. The Kier molecular flexibility index (Phi) is 7.49. The van der Waals surface area contributed by atoms with Crippen molar-refractivity contribution >= 4 is 5.91 Å². The van der Waals surface area contributed by atoms with Crippen molar-refractivity contribution in [3.63, 3.8) is 0 Å². The molecule has 3 rings (SSSR count). The summed E-state index contributed by atoms with van der Waals surface area (Å²) in [6.45, 7) is 5.28. The molecule has 1 heterocycles. The normalized spacial score (nSPS) is 17.7. The van der Waals surface area contributed by atoms with Crippen LogP contribution in [0, 0.1) is 0 Å². The number of benzene rings is 2. The molecule has 1 saturated heterocycles. The summed E-state index contributed by atoms with van der Waals surface area (Å²) in [5, 5.41) is 6.57. The van der Waals surface area contributed by atoms with E-state index in [9.17, 15) is 4.79 Å². The highest BCUT2D eigenvalue weighted by Crippen LogP contribution is 2.17. The number of hydrogen-bond donors (Lipinski definition) is 2. The minimum absolute atomic E-state index is 0.0287. The van der Waals surface area contributed by atoms with Crippen molar-refractivity contribution in [3.8, 4) is 5.75 Å². The van der Waals surface area contributed by atoms with Crippen LogP contribution < -0.4 is 15.4 Å². The summed E-state index contributed by atoms with van der Waals surface area (Å²) in [6, 6.07) is 17.0. The van der Waals surface area contributed by atoms with Crippen molar-refractivity contribution in [2.75, 3.05) is 13.2 Å². The number of piperidine rings is 1. The van der Waals surface area contributed by atoms with Crippen LogP contribution in [0.15, 0.2) is 48.5 Å². The second-order valence-electron chi connectivity index (χ2n) is 7.67. The van der Waals surface area contributed by atoms with E-state index in [4.69, 9.17) is 4.74 Å². The lowest BCUT2D eigenvalue weighted by molar-refractivity contribution is -0.123. The summed E-state index contributed by atoms with van der Waals surface area (Å²) in [5.41, 5.74) is 3.71. The fraction of sp³-hybridized carbons (Fsp3) is 0.458. The minimum Gasteiger partial charge on any atom is -0.484 e. The van der Waals surface area contributed by atoms with Gasteiger partial charge >= 0.3 is 0 Å². The maximum absolute atomic E-state index is 12.2. The van der Waals surface area contributed by atoms with Gasteiger partial charge in [0.2, 0.25) is 0 Å². The van der Waals surface area contributed by atoms with Gasteiger partial charge in [0.05, 0.1) is 6.04 Å². The fourth-order valence-corrected chi connectivity index (χ4v) is 3.66. The summed E-state index contributed by atoms with van der Waals surface area (Å²) in [4.78, 5) is 12.2. The molecule has 0 aliphatic carbocycles. The molecule has 2 aromatic carbocycles. The van der Waals surface area contributed by atoms with Gasteiger partial charge in [-0.25, -0.2) is 0 Å². The molecule has 0 aromatic heterocycles. The van der Waals surface area contributed by atoms with Crippen LogP contribution in [0.3, 0.4) is 0 Å². The Morgan fingerprint density at radius 2 is 1.82 bits per heavy atom. The third-order valence-corrected chi connectivity index (χ3v) is 5.45. The molecule has 0 bridgehead atoms. The SMILES string of the molecule is CCc1ccc(C(C)NC(=O)COc2ccc(CC3CCCCN3)cc2)cc1. The van der Waals surface area contributed by atoms with Gasteiger partial charge in [-0.1, -0.05) is 49.7 Å². The van der Waals surface area contributed by atoms with E-state index in [0.29, 0.717) is 6.04 Å². The first-order valence-corrected chi connectivity index (χ1v) is 10.5. The Labute approximate surface area is 168 Å². The first kappa shape index (κ1) is 20.4. The highest BCUT2D eigenvalue weighted by atomic mass is 16.5. The van der Waals surface area contributed by atoms with Crippen LogP contribution in [0.4, 0.5) is 0 Å². The molecule has 1 fully saturated rings. The fourth-order valence-electron chi connectivity index (χ4n) is 3.66. The monoisotopic (exact) mass is 380 g/mol. The second-order valence-corrected chi connectivity index (χ2v) is 7.67. The van der Waals surface area contributed by atoms with Crippen LogP contribution in [0.2, 0.25) is 0 Å². The summed E-state index contributed by atoms with van der Waals surface area (Å²) < 4.78 is 5.66. The Morgan fingerprint density at radius 3 is 2.46 bits per heavy atom. The zero-order valence-corrected chi connectivity index (χ0v) is 17.0. The van der Waals surface area contributed by atoms with Crippen molar-refractivity contribution < 1.29 is 9.53 Å². The van der Waals surface area contributed by atoms with E-state index in [-0.39, 0.29) is 18.6 Å². The smallest absolute Gasteiger partial charge is 0.258 e. The highest BCUT2D eigenvalue weighted by Gasteiger charge is 2.13. The maximum Gasteiger partial charge on any atom is 0.258 e. The summed E-state index contributed by atoms with van der Waals surface area (Å²) in [7, 11) is 0. The third kappa shape index (κ3) is 6.10. The lowest BCUT2D eigenvalue weighted by atomic mass is 9.98. The number of amides is 1. The van der Waals surface area contributed by atoms with Crippen LogP contribution in [-0.2, 0) is 17.6 Å². The first-order chi connectivity index (χ1) is 13.6. The summed E-state index contributed by atoms with van der Waals surface area (Å²) in [5.74, 6) is 0.623. The summed E-state index contributed by atoms with van der Waals surface area (Å²) in [6.07, 6.45) is 5.92. The average molecular weight is 381 g/mol. The van der Waals surface area contributed by atoms with E-state index in [1.54, 1.807) is 0 Å². The van der Waals surface area contributed by atoms with Gasteiger partial charge in [-0.2, -0.15) is 0 Å². The molecular formula is C24H32N2O2. The number of nitrogens with one attached hydrogen (secondary N) is 2. The van der Waals surface area contributed by atoms with Gasteiger partial charge in [-0.15, -0.1) is 0 Å². The van der Waals surface area contributed by atoms with Gasteiger partial charge in [0.1, 0.15) is 5.75 Å². The topological polar surface area (TPSA) is 50.4 Å². The van der Waals surface area contributed by atoms with E-state index in [2.05, 4.69) is 54.0 Å². The predicted molar refractivity (Wildman–Crippen MR) is 114 cm³/mol. The second kappa shape index (κ2) is 10.3. The van der Waals surface area contributed by atoms with Crippen molar-refractivity contribution in [3.05, 3.63) is 65.2 Å². The molecule has 0 saturated carbocycles. The molecule has 1 aliphatic rings. The van der Waals surface area contributed by atoms with Gasteiger partial charge in [0.15, 0.2) is 6.61 Å². The standard InChI is InChI=1S/C24H32N2O2/c1-3-19-7-11-21(12-8-19)18(2)26-24(27)17-28-23-13-9-20(10-14-23)16-22-6-4-5-15-25-22/h7-14,18,22,25H,3-6,15-17H2,1-2H3,(H,26,27). The Bertz CT molecular complexity index is 734. The third-order valence-electron chi connectivity index (χ3n) is 5.45. The van der Waals surface area contributed by atoms with Crippen LogP contribution in [0.1, 0.15) is 55.8 Å². The molecule has 1 aliphatic heterocycles. The van der Waals surface area contributed by atoms with Crippen LogP contribution in [-0.4, -0.2) is 25.1 Å². The molecule has 0 radical (unpaired) electrons. The maximum atomic E-state index is 12.2. The van der Waals surface area contributed by atoms with Gasteiger partial charge in [0.25, 0.3) is 5.91 Å². The van der Waals surface area contributed by atoms with E-state index in [1.807, 2.05) is 19.1 Å². The molecule has 28 heavy (non-hydrogen) atoms. The van der Waals surface area contributed by atoms with Crippen molar-refractivity contribution in [1.82, 2.24) is 10.6 Å². The molecule has 4 heteroatoms. The molecule has 2 N–H and O–H groups in total. The zero-order valence-electron chi connectivity index (χ0n) is 17.0. The van der Waals surface area contributed by atoms with Crippen LogP contribution in [0.25, 0.3) is 0 Å². The van der Waals surface area contributed by atoms with Gasteiger partial charge in [-0.05, 0) is 68.0 Å². The molecule has 1 amide bonds. The molecule has 0 spiro atoms. The van der Waals surface area contributed by atoms with E-state index in [0.717, 1.165) is 30.7 Å². The average Bonchev–Trinajstić information content (AvgIpc) is 2.74. The number of carbonyl (C=O) groups is 1. The molecular weight excluding hydrogens is 348 g/mol. The lowest BCUT2D eigenvalue weighted by Crippen LogP contribution is -2.35. The quantitative estimate of drug-likeness (QED) is 0.722. The zero-order chi connectivity index (χ0) is 19.8. The van der Waals surface area contributed by atoms with Gasteiger partial charge < -0.3 is 15.4 Å². The largest absolute Gasteiger partial charge is 0.484 e. The highest BCUT2D eigenvalue weighted by molar-refractivity contribution is 5.78. The lowest BCUT2D eigenvalue weighted by Gasteiger charge is -2.23. The van der Waals surface area contributed by atoms with Crippen LogP contribution in [0.5, 0.6) is 5.75 Å². The van der Waals surface area contributed by atoms with Gasteiger partial charge in [-0.3, -0.25) is 4.79 Å². The van der Waals surface area contributed by atoms with E-state index in [1.165, 1.54) is 30.4 Å². The van der Waals surface area contributed by atoms with E-state index < -0.39 is 0 Å². The molecule has 2 atom stereocenters. The van der Waals surface area contributed by atoms with Gasteiger partial charge in [0, 0.05) is 6.04 Å². The van der Waals surface area contributed by atoms with Crippen molar-refractivity contribution in [2.45, 2.75) is 58.0 Å². The first-order valence-electron chi connectivity index (χ1n) is 10.5. The molecule has 2 unspecified atom stereocenters. The van der Waals surface area contributed by atoms with Crippen molar-refractivity contribution in [1.29, 1.82) is 0 Å². The Morgan fingerprint density at radius 1 is 1.11 bits per heavy atom. The molecule has 150 valence electrons. The van der Waals surface area contributed by atoms with Crippen LogP contribution >= 0.6 is 0 Å². The van der Waals surface area contributed by atoms with Crippen molar-refractivity contribution in [2.24, 2.45) is 0 Å². The molecule has 2 aromatic rings. The Hall–Kier alpha value is -2.33. The Balaban J connectivity index is 1.43. The van der Waals surface area contributed by atoms with E-state index >= 15 is 0 Å². The number of carbonyl (C=O) groups excluding carboxylic acids is 1. The minimum atomic E-state index is -0.109. The predicted octanol–water partition coefficient (Wildman–Crippen LogP) is 4.19. The number of rotatable bonds is 8.